The number of aliphatic hydroxyl groups is 1. The van der Waals surface area contributed by atoms with Crippen molar-refractivity contribution in [3.05, 3.63) is 60.8 Å². The Morgan fingerprint density at radius 1 is 0.660 bits per heavy atom. The standard InChI is InChI=1S/C37H63O9P/c1-3-5-6-7-8-9-14-19-22-25-28-31-37(40)46-35(33-45-47(41,42)43)32-44-36(39)30-27-24-21-18-16-13-11-10-12-15-17-20-23-26-29-34(38)4-2/h11-13,15,18,20-21,23,26,29,34-35,38H,3-10,14,16-17,19,22,24-25,27-28,30-33H2,1-2H3,(H2,41,42,43)/b13-11-,15-12-,21-18-,23-20-,29-26+/t34-,35+/m0/s1. The van der Waals surface area contributed by atoms with E-state index in [4.69, 9.17) is 19.3 Å². The minimum Gasteiger partial charge on any atom is -0.462 e. The summed E-state index contributed by atoms with van der Waals surface area (Å²) in [5.74, 6) is -0.978. The lowest BCUT2D eigenvalue weighted by atomic mass is 10.1. The van der Waals surface area contributed by atoms with Crippen molar-refractivity contribution < 1.29 is 43.0 Å². The molecule has 0 aliphatic carbocycles. The van der Waals surface area contributed by atoms with E-state index >= 15 is 0 Å². The Kier molecular flexibility index (Phi) is 30.7. The van der Waals surface area contributed by atoms with Crippen molar-refractivity contribution in [3.8, 4) is 0 Å². The quantitative estimate of drug-likeness (QED) is 0.0215. The maximum Gasteiger partial charge on any atom is 0.469 e. The summed E-state index contributed by atoms with van der Waals surface area (Å²) in [6, 6.07) is 0. The summed E-state index contributed by atoms with van der Waals surface area (Å²) in [5, 5.41) is 9.43. The molecule has 0 radical (unpaired) electrons. The summed E-state index contributed by atoms with van der Waals surface area (Å²) in [5.41, 5.74) is 0. The third kappa shape index (κ3) is 34.9. The first-order valence-electron chi connectivity index (χ1n) is 17.7. The summed E-state index contributed by atoms with van der Waals surface area (Å²) < 4.78 is 26.2. The Hall–Kier alpha value is -2.29. The second-order valence-electron chi connectivity index (χ2n) is 11.7. The van der Waals surface area contributed by atoms with Crippen LogP contribution in [0.2, 0.25) is 0 Å². The van der Waals surface area contributed by atoms with Gasteiger partial charge in [-0.1, -0.05) is 139 Å². The van der Waals surface area contributed by atoms with Crippen LogP contribution in [-0.4, -0.2) is 52.3 Å². The average molecular weight is 683 g/mol. The molecule has 0 amide bonds. The van der Waals surface area contributed by atoms with Gasteiger partial charge >= 0.3 is 19.8 Å². The van der Waals surface area contributed by atoms with Crippen LogP contribution in [0.4, 0.5) is 0 Å². The Morgan fingerprint density at radius 3 is 1.77 bits per heavy atom. The highest BCUT2D eigenvalue weighted by molar-refractivity contribution is 7.46. The van der Waals surface area contributed by atoms with Crippen LogP contribution >= 0.6 is 7.82 Å². The highest BCUT2D eigenvalue weighted by Gasteiger charge is 2.22. The first-order chi connectivity index (χ1) is 22.7. The molecule has 0 aromatic heterocycles. The maximum atomic E-state index is 12.3. The van der Waals surface area contributed by atoms with Crippen LogP contribution in [0.3, 0.4) is 0 Å². The lowest BCUT2D eigenvalue weighted by molar-refractivity contribution is -0.161. The molecule has 0 saturated heterocycles. The number of hydrogen-bond donors (Lipinski definition) is 3. The van der Waals surface area contributed by atoms with E-state index in [1.54, 1.807) is 6.08 Å². The third-order valence-electron chi connectivity index (χ3n) is 7.21. The number of phosphoric ester groups is 1. The zero-order valence-corrected chi connectivity index (χ0v) is 29.9. The molecule has 0 aromatic rings. The summed E-state index contributed by atoms with van der Waals surface area (Å²) in [6.45, 7) is 3.27. The van der Waals surface area contributed by atoms with Gasteiger partial charge in [0.2, 0.25) is 0 Å². The Morgan fingerprint density at radius 2 is 1.19 bits per heavy atom. The second kappa shape index (κ2) is 32.3. The smallest absolute Gasteiger partial charge is 0.462 e. The molecule has 270 valence electrons. The number of allylic oxidation sites excluding steroid dienone is 9. The van der Waals surface area contributed by atoms with Crippen molar-refractivity contribution in [1.82, 2.24) is 0 Å². The molecule has 0 heterocycles. The molecule has 0 saturated carbocycles. The zero-order valence-electron chi connectivity index (χ0n) is 29.0. The van der Waals surface area contributed by atoms with Crippen molar-refractivity contribution in [1.29, 1.82) is 0 Å². The van der Waals surface area contributed by atoms with Gasteiger partial charge in [0, 0.05) is 12.8 Å². The Balaban J connectivity index is 4.13. The lowest BCUT2D eigenvalue weighted by Crippen LogP contribution is -2.29. The van der Waals surface area contributed by atoms with Crippen LogP contribution in [0.5, 0.6) is 0 Å². The number of phosphoric acid groups is 1. The van der Waals surface area contributed by atoms with Gasteiger partial charge < -0.3 is 24.4 Å². The number of unbranched alkanes of at least 4 members (excludes halogenated alkanes) is 11. The molecule has 10 heteroatoms. The number of ether oxygens (including phenoxy) is 2. The molecule has 0 aliphatic heterocycles. The maximum absolute atomic E-state index is 12.3. The number of esters is 2. The minimum atomic E-state index is -4.77. The van der Waals surface area contributed by atoms with Gasteiger partial charge in [0.25, 0.3) is 0 Å². The van der Waals surface area contributed by atoms with Gasteiger partial charge in [-0.2, -0.15) is 0 Å². The summed E-state index contributed by atoms with van der Waals surface area (Å²) in [6.07, 6.45) is 36.2. The van der Waals surface area contributed by atoms with Crippen LogP contribution < -0.4 is 0 Å². The Labute approximate surface area is 284 Å². The van der Waals surface area contributed by atoms with Gasteiger partial charge in [0.1, 0.15) is 6.61 Å². The van der Waals surface area contributed by atoms with Gasteiger partial charge in [0.15, 0.2) is 6.10 Å². The van der Waals surface area contributed by atoms with E-state index in [0.717, 1.165) is 38.5 Å². The third-order valence-corrected chi connectivity index (χ3v) is 7.69. The molecular formula is C37H63O9P. The largest absolute Gasteiger partial charge is 0.469 e. The number of hydrogen-bond acceptors (Lipinski definition) is 7. The first-order valence-corrected chi connectivity index (χ1v) is 19.2. The van der Waals surface area contributed by atoms with E-state index in [9.17, 15) is 19.3 Å². The number of carbonyl (C=O) groups excluding carboxylic acids is 2. The van der Waals surface area contributed by atoms with Gasteiger partial charge in [-0.3, -0.25) is 14.1 Å². The highest BCUT2D eigenvalue weighted by atomic mass is 31.2. The van der Waals surface area contributed by atoms with Crippen molar-refractivity contribution in [2.24, 2.45) is 0 Å². The predicted molar refractivity (Wildman–Crippen MR) is 190 cm³/mol. The van der Waals surface area contributed by atoms with E-state index in [1.807, 2.05) is 37.3 Å². The molecule has 2 atom stereocenters. The van der Waals surface area contributed by atoms with Gasteiger partial charge in [-0.05, 0) is 44.9 Å². The topological polar surface area (TPSA) is 140 Å². The van der Waals surface area contributed by atoms with E-state index < -0.39 is 32.5 Å². The van der Waals surface area contributed by atoms with Crippen molar-refractivity contribution in [2.45, 2.75) is 148 Å². The molecule has 0 aromatic carbocycles. The first kappa shape index (κ1) is 44.7. The number of rotatable bonds is 31. The van der Waals surface area contributed by atoms with Gasteiger partial charge in [-0.25, -0.2) is 4.57 Å². The summed E-state index contributed by atoms with van der Waals surface area (Å²) in [7, 11) is -4.77. The van der Waals surface area contributed by atoms with E-state index in [-0.39, 0.29) is 25.6 Å². The lowest BCUT2D eigenvalue weighted by Gasteiger charge is -2.18. The van der Waals surface area contributed by atoms with Crippen LogP contribution in [0.25, 0.3) is 0 Å². The molecule has 0 spiro atoms. The normalized spacial score (nSPS) is 13.9. The van der Waals surface area contributed by atoms with E-state index in [0.29, 0.717) is 25.7 Å². The number of carbonyl (C=O) groups is 2. The fourth-order valence-electron chi connectivity index (χ4n) is 4.42. The fraction of sp³-hybridized carbons (Fsp3) is 0.676. The molecule has 0 fully saturated rings. The fourth-order valence-corrected chi connectivity index (χ4v) is 4.78. The second-order valence-corrected chi connectivity index (χ2v) is 12.9. The van der Waals surface area contributed by atoms with Crippen LogP contribution in [0.1, 0.15) is 136 Å². The van der Waals surface area contributed by atoms with Crippen molar-refractivity contribution in [2.75, 3.05) is 13.2 Å². The SMILES string of the molecule is CCCCCCCCCCCCCC(=O)O[C@H](COC(=O)CCC/C=C\C/C=C\C/C=C\C/C=C\C=C\[C@@H](O)CC)COP(=O)(O)O. The van der Waals surface area contributed by atoms with Crippen molar-refractivity contribution in [3.63, 3.8) is 0 Å². The summed E-state index contributed by atoms with van der Waals surface area (Å²) >= 11 is 0. The number of aliphatic hydroxyl groups excluding tert-OH is 1. The summed E-state index contributed by atoms with van der Waals surface area (Å²) in [4.78, 5) is 42.5. The average Bonchev–Trinajstić information content (AvgIpc) is 3.04. The van der Waals surface area contributed by atoms with E-state index in [2.05, 4.69) is 35.8 Å². The Bertz CT molecular complexity index is 965. The van der Waals surface area contributed by atoms with Gasteiger partial charge in [-0.15, -0.1) is 0 Å². The predicted octanol–water partition coefficient (Wildman–Crippen LogP) is 9.14. The molecule has 0 aliphatic rings. The molecule has 0 rings (SSSR count). The highest BCUT2D eigenvalue weighted by Crippen LogP contribution is 2.35. The molecule has 0 unspecified atom stereocenters. The van der Waals surface area contributed by atoms with Crippen molar-refractivity contribution >= 4 is 19.8 Å². The molecule has 0 bridgehead atoms. The molecular weight excluding hydrogens is 619 g/mol. The van der Waals surface area contributed by atoms with Gasteiger partial charge in [0.05, 0.1) is 12.7 Å². The molecule has 9 nitrogen and oxygen atoms in total. The molecule has 3 N–H and O–H groups in total. The monoisotopic (exact) mass is 682 g/mol. The zero-order chi connectivity index (χ0) is 34.9. The van der Waals surface area contributed by atoms with Crippen LogP contribution in [-0.2, 0) is 28.2 Å². The van der Waals surface area contributed by atoms with Crippen LogP contribution in [0.15, 0.2) is 60.8 Å². The minimum absolute atomic E-state index is 0.174. The molecule has 47 heavy (non-hydrogen) atoms. The van der Waals surface area contributed by atoms with Crippen LogP contribution in [0, 0.1) is 0 Å². The van der Waals surface area contributed by atoms with E-state index in [1.165, 1.54) is 44.9 Å².